The van der Waals surface area contributed by atoms with Crippen molar-refractivity contribution in [1.29, 1.82) is 0 Å². The van der Waals surface area contributed by atoms with E-state index in [0.717, 1.165) is 37.5 Å². The largest absolute Gasteiger partial charge is 0.368 e. The van der Waals surface area contributed by atoms with Crippen molar-refractivity contribution in [2.45, 2.75) is 56.7 Å². The number of aromatic amines is 1. The van der Waals surface area contributed by atoms with Gasteiger partial charge in [0.15, 0.2) is 17.5 Å². The molecule has 3 atom stereocenters. The van der Waals surface area contributed by atoms with E-state index in [1.54, 1.807) is 18.5 Å². The molecule has 2 aliphatic rings. The van der Waals surface area contributed by atoms with Gasteiger partial charge in [0.2, 0.25) is 5.91 Å². The first kappa shape index (κ1) is 21.1. The predicted octanol–water partition coefficient (Wildman–Crippen LogP) is 3.83. The van der Waals surface area contributed by atoms with Crippen molar-refractivity contribution >= 4 is 34.4 Å². The van der Waals surface area contributed by atoms with Crippen LogP contribution in [0.1, 0.15) is 38.5 Å². The Balaban J connectivity index is 1.30. The zero-order chi connectivity index (χ0) is 22.1. The summed E-state index contributed by atoms with van der Waals surface area (Å²) in [5.41, 5.74) is 1.35. The molecule has 5 rings (SSSR count). The monoisotopic (exact) mass is 458 g/mol. The lowest BCUT2D eigenvalue weighted by atomic mass is 9.90. The highest BCUT2D eigenvalue weighted by molar-refractivity contribution is 6.31. The summed E-state index contributed by atoms with van der Waals surface area (Å²) in [6.07, 6.45) is 9.21. The normalized spacial score (nSPS) is 23.4. The van der Waals surface area contributed by atoms with Crippen molar-refractivity contribution in [3.63, 3.8) is 0 Å². The fourth-order valence-electron chi connectivity index (χ4n) is 4.48. The standard InChI is InChI=1S/C22H24ClFN6O2/c23-12-7-15-16(10-26-19(15)25-9-12)20-27-11-17(24)21(30-20)28-13-3-1-4-14(8-13)29-22(31)18-5-2-6-32-18/h7,9-11,13-14,18H,1-6,8H2,(H,25,26)(H,29,31)(H,27,28,30)/t13?,14-,18?/m1/s1. The van der Waals surface area contributed by atoms with Crippen molar-refractivity contribution < 1.29 is 13.9 Å². The van der Waals surface area contributed by atoms with Crippen LogP contribution in [0.4, 0.5) is 10.2 Å². The summed E-state index contributed by atoms with van der Waals surface area (Å²) in [4.78, 5) is 28.3. The van der Waals surface area contributed by atoms with E-state index in [4.69, 9.17) is 16.3 Å². The fourth-order valence-corrected chi connectivity index (χ4v) is 4.64. The van der Waals surface area contributed by atoms with Crippen molar-refractivity contribution in [1.82, 2.24) is 25.3 Å². The molecule has 0 bridgehead atoms. The number of aromatic nitrogens is 4. The average molecular weight is 459 g/mol. The van der Waals surface area contributed by atoms with Gasteiger partial charge >= 0.3 is 0 Å². The van der Waals surface area contributed by atoms with Gasteiger partial charge in [-0.1, -0.05) is 11.6 Å². The van der Waals surface area contributed by atoms with Crippen LogP contribution in [0.3, 0.4) is 0 Å². The minimum atomic E-state index is -0.518. The average Bonchev–Trinajstić information content (AvgIpc) is 3.46. The molecular weight excluding hydrogens is 435 g/mol. The number of rotatable bonds is 5. The van der Waals surface area contributed by atoms with Gasteiger partial charge in [0.1, 0.15) is 11.8 Å². The molecule has 1 saturated carbocycles. The van der Waals surface area contributed by atoms with Gasteiger partial charge in [-0.15, -0.1) is 0 Å². The topological polar surface area (TPSA) is 105 Å². The Bertz CT molecular complexity index is 1130. The predicted molar refractivity (Wildman–Crippen MR) is 119 cm³/mol. The molecule has 0 spiro atoms. The first-order valence-electron chi connectivity index (χ1n) is 10.9. The van der Waals surface area contributed by atoms with Gasteiger partial charge in [-0.05, 0) is 44.6 Å². The lowest BCUT2D eigenvalue weighted by Crippen LogP contribution is -2.45. The molecule has 1 saturated heterocycles. The van der Waals surface area contributed by atoms with Gasteiger partial charge in [-0.2, -0.15) is 0 Å². The number of pyridine rings is 1. The van der Waals surface area contributed by atoms with Crippen LogP contribution < -0.4 is 10.6 Å². The number of hydrogen-bond donors (Lipinski definition) is 3. The van der Waals surface area contributed by atoms with E-state index in [9.17, 15) is 9.18 Å². The summed E-state index contributed by atoms with van der Waals surface area (Å²) in [5.74, 6) is -0.0378. The van der Waals surface area contributed by atoms with Gasteiger partial charge in [0.05, 0.1) is 11.2 Å². The number of carbonyl (C=O) groups excluding carboxylic acids is 1. The fraction of sp³-hybridized carbons (Fsp3) is 0.455. The Morgan fingerprint density at radius 1 is 1.19 bits per heavy atom. The Kier molecular flexibility index (Phi) is 5.93. The Morgan fingerprint density at radius 2 is 2.06 bits per heavy atom. The van der Waals surface area contributed by atoms with Crippen molar-refractivity contribution in [2.24, 2.45) is 0 Å². The SMILES string of the molecule is O=C(N[C@@H]1CCCC(Nc2nc(-c3c[nH]c4ncc(Cl)cc34)ncc2F)C1)C1CCCO1. The third kappa shape index (κ3) is 4.40. The lowest BCUT2D eigenvalue weighted by molar-refractivity contribution is -0.131. The Labute approximate surface area is 189 Å². The van der Waals surface area contributed by atoms with E-state index >= 15 is 0 Å². The lowest BCUT2D eigenvalue weighted by Gasteiger charge is -2.31. The van der Waals surface area contributed by atoms with Crippen molar-refractivity contribution in [2.75, 3.05) is 11.9 Å². The second kappa shape index (κ2) is 8.99. The maximum absolute atomic E-state index is 14.5. The maximum atomic E-state index is 14.5. The molecule has 10 heteroatoms. The number of halogens is 2. The van der Waals surface area contributed by atoms with Gasteiger partial charge in [-0.3, -0.25) is 4.79 Å². The summed E-state index contributed by atoms with van der Waals surface area (Å²) in [5, 5.41) is 7.58. The molecule has 168 valence electrons. The van der Waals surface area contributed by atoms with E-state index < -0.39 is 5.82 Å². The molecule has 1 aliphatic carbocycles. The molecule has 32 heavy (non-hydrogen) atoms. The molecule has 2 fully saturated rings. The number of amides is 1. The molecule has 1 amide bonds. The molecule has 0 radical (unpaired) electrons. The number of anilines is 1. The summed E-state index contributed by atoms with van der Waals surface area (Å²) < 4.78 is 20.0. The van der Waals surface area contributed by atoms with E-state index in [-0.39, 0.29) is 29.9 Å². The summed E-state index contributed by atoms with van der Waals surface area (Å²) in [6.45, 7) is 0.640. The second-order valence-electron chi connectivity index (χ2n) is 8.36. The zero-order valence-corrected chi connectivity index (χ0v) is 18.2. The molecular formula is C22H24ClFN6O2. The summed E-state index contributed by atoms with van der Waals surface area (Å²) >= 11 is 6.08. The summed E-state index contributed by atoms with van der Waals surface area (Å²) in [6, 6.07) is 1.80. The van der Waals surface area contributed by atoms with E-state index in [2.05, 4.69) is 30.6 Å². The van der Waals surface area contributed by atoms with Gasteiger partial charge in [-0.25, -0.2) is 19.3 Å². The van der Waals surface area contributed by atoms with Crippen LogP contribution in [0.2, 0.25) is 5.02 Å². The first-order chi connectivity index (χ1) is 15.6. The second-order valence-corrected chi connectivity index (χ2v) is 8.79. The van der Waals surface area contributed by atoms with Gasteiger partial charge < -0.3 is 20.4 Å². The maximum Gasteiger partial charge on any atom is 0.249 e. The van der Waals surface area contributed by atoms with E-state index in [1.165, 1.54) is 6.20 Å². The third-order valence-corrected chi connectivity index (χ3v) is 6.27. The van der Waals surface area contributed by atoms with Gasteiger partial charge in [0.25, 0.3) is 0 Å². The molecule has 3 aromatic heterocycles. The van der Waals surface area contributed by atoms with Crippen LogP contribution in [0, 0.1) is 5.82 Å². The van der Waals surface area contributed by atoms with Crippen LogP contribution in [0.15, 0.2) is 24.7 Å². The zero-order valence-electron chi connectivity index (χ0n) is 17.4. The quantitative estimate of drug-likeness (QED) is 0.536. The molecule has 8 nitrogen and oxygen atoms in total. The molecule has 0 aromatic carbocycles. The Hall–Kier alpha value is -2.78. The minimum absolute atomic E-state index is 0.00474. The number of nitrogens with zero attached hydrogens (tertiary/aromatic N) is 3. The number of nitrogens with one attached hydrogen (secondary N) is 3. The van der Waals surface area contributed by atoms with Crippen LogP contribution in [-0.4, -0.2) is 50.6 Å². The number of ether oxygens (including phenoxy) is 1. The highest BCUT2D eigenvalue weighted by atomic mass is 35.5. The van der Waals surface area contributed by atoms with Crippen LogP contribution in [0.25, 0.3) is 22.4 Å². The van der Waals surface area contributed by atoms with Crippen LogP contribution in [-0.2, 0) is 9.53 Å². The van der Waals surface area contributed by atoms with Crippen molar-refractivity contribution in [3.8, 4) is 11.4 Å². The van der Waals surface area contributed by atoms with E-state index in [0.29, 0.717) is 35.1 Å². The number of carbonyl (C=O) groups is 1. The highest BCUT2D eigenvalue weighted by Gasteiger charge is 2.29. The Morgan fingerprint density at radius 3 is 2.91 bits per heavy atom. The third-order valence-electron chi connectivity index (χ3n) is 6.07. The minimum Gasteiger partial charge on any atom is -0.368 e. The molecule has 1 aliphatic heterocycles. The highest BCUT2D eigenvalue weighted by Crippen LogP contribution is 2.29. The van der Waals surface area contributed by atoms with Crippen LogP contribution in [0.5, 0.6) is 0 Å². The molecule has 3 aromatic rings. The first-order valence-corrected chi connectivity index (χ1v) is 11.3. The number of H-pyrrole nitrogens is 1. The molecule has 4 heterocycles. The molecule has 3 N–H and O–H groups in total. The smallest absolute Gasteiger partial charge is 0.249 e. The van der Waals surface area contributed by atoms with Crippen molar-refractivity contribution in [3.05, 3.63) is 35.5 Å². The van der Waals surface area contributed by atoms with Crippen LogP contribution >= 0.6 is 11.6 Å². The van der Waals surface area contributed by atoms with Gasteiger partial charge in [0, 0.05) is 42.0 Å². The van der Waals surface area contributed by atoms with E-state index in [1.807, 2.05) is 0 Å². The number of hydrogen-bond acceptors (Lipinski definition) is 6. The number of fused-ring (bicyclic) bond motifs is 1. The molecule has 2 unspecified atom stereocenters. The summed E-state index contributed by atoms with van der Waals surface area (Å²) in [7, 11) is 0.